The molecule has 0 aromatic carbocycles. The van der Waals surface area contributed by atoms with Crippen molar-refractivity contribution in [2.75, 3.05) is 7.11 Å². The maximum absolute atomic E-state index is 12.6. The summed E-state index contributed by atoms with van der Waals surface area (Å²) in [5, 5.41) is 8.97. The maximum Gasteiger partial charge on any atom is 0.257 e. The minimum Gasteiger partial charge on any atom is -0.503 e. The zero-order valence-corrected chi connectivity index (χ0v) is 7.22. The minimum atomic E-state index is -0.622. The second-order valence-electron chi connectivity index (χ2n) is 1.79. The van der Waals surface area contributed by atoms with Gasteiger partial charge in [0.25, 0.3) is 5.88 Å². The van der Waals surface area contributed by atoms with Crippen molar-refractivity contribution in [1.82, 2.24) is 4.98 Å². The van der Waals surface area contributed by atoms with Crippen molar-refractivity contribution in [2.45, 2.75) is 0 Å². The molecule has 0 saturated heterocycles. The first-order valence-electron chi connectivity index (χ1n) is 2.74. The maximum atomic E-state index is 12.6. The molecule has 0 bridgehead atoms. The number of rotatable bonds is 1. The summed E-state index contributed by atoms with van der Waals surface area (Å²) in [6.45, 7) is 0. The third kappa shape index (κ3) is 1.59. The molecule has 0 aliphatic rings. The van der Waals surface area contributed by atoms with E-state index in [1.165, 1.54) is 7.11 Å². The monoisotopic (exact) mass is 221 g/mol. The molecule has 11 heavy (non-hydrogen) atoms. The van der Waals surface area contributed by atoms with Crippen molar-refractivity contribution in [2.24, 2.45) is 0 Å². The Balaban J connectivity index is 3.21. The minimum absolute atomic E-state index is 0.00160. The third-order valence-electron chi connectivity index (χ3n) is 1.07. The molecular weight excluding hydrogens is 217 g/mol. The Kier molecular flexibility index (Phi) is 2.28. The third-order valence-corrected chi connectivity index (χ3v) is 1.63. The van der Waals surface area contributed by atoms with E-state index in [-0.39, 0.29) is 16.2 Å². The Morgan fingerprint density at radius 3 is 2.91 bits per heavy atom. The number of hydrogen-bond acceptors (Lipinski definition) is 3. The second-order valence-corrected chi connectivity index (χ2v) is 2.54. The number of nitrogens with zero attached hydrogens (tertiary/aromatic N) is 1. The van der Waals surface area contributed by atoms with E-state index in [0.717, 1.165) is 6.07 Å². The Morgan fingerprint density at radius 1 is 1.73 bits per heavy atom. The molecule has 0 aliphatic heterocycles. The molecule has 1 rings (SSSR count). The van der Waals surface area contributed by atoms with E-state index in [2.05, 4.69) is 25.7 Å². The molecule has 60 valence electrons. The highest BCUT2D eigenvalue weighted by Crippen LogP contribution is 2.27. The molecule has 0 amide bonds. The summed E-state index contributed by atoms with van der Waals surface area (Å²) in [5.41, 5.74) is 0. The Morgan fingerprint density at radius 2 is 2.36 bits per heavy atom. The van der Waals surface area contributed by atoms with Crippen LogP contribution in [0, 0.1) is 5.82 Å². The van der Waals surface area contributed by atoms with Crippen LogP contribution in [0.4, 0.5) is 4.39 Å². The fraction of sp³-hybridized carbons (Fsp3) is 0.167. The van der Waals surface area contributed by atoms with E-state index < -0.39 is 5.82 Å². The number of aromatic nitrogens is 1. The van der Waals surface area contributed by atoms with E-state index in [9.17, 15) is 4.39 Å². The summed E-state index contributed by atoms with van der Waals surface area (Å²) >= 11 is 2.84. The predicted molar refractivity (Wildman–Crippen MR) is 40.1 cm³/mol. The Labute approximate surface area is 71.0 Å². The van der Waals surface area contributed by atoms with Crippen molar-refractivity contribution in [1.29, 1.82) is 0 Å². The SMILES string of the molecule is COc1nc(Br)c(F)cc1O. The highest BCUT2D eigenvalue weighted by Gasteiger charge is 2.08. The molecule has 5 heteroatoms. The van der Waals surface area contributed by atoms with Gasteiger partial charge in [-0.3, -0.25) is 0 Å². The van der Waals surface area contributed by atoms with Crippen LogP contribution in [0.25, 0.3) is 0 Å². The lowest BCUT2D eigenvalue weighted by molar-refractivity contribution is 0.354. The first kappa shape index (κ1) is 8.26. The topological polar surface area (TPSA) is 42.4 Å². The van der Waals surface area contributed by atoms with Gasteiger partial charge in [-0.05, 0) is 15.9 Å². The van der Waals surface area contributed by atoms with Gasteiger partial charge in [0.05, 0.1) is 7.11 Å². The Hall–Kier alpha value is -0.840. The van der Waals surface area contributed by atoms with Crippen molar-refractivity contribution < 1.29 is 14.2 Å². The van der Waals surface area contributed by atoms with Crippen LogP contribution in [0.5, 0.6) is 11.6 Å². The van der Waals surface area contributed by atoms with Gasteiger partial charge >= 0.3 is 0 Å². The van der Waals surface area contributed by atoms with Crippen LogP contribution in [-0.4, -0.2) is 17.2 Å². The van der Waals surface area contributed by atoms with Gasteiger partial charge in [0.1, 0.15) is 4.60 Å². The molecule has 0 fully saturated rings. The van der Waals surface area contributed by atoms with E-state index in [1.807, 2.05) is 0 Å². The summed E-state index contributed by atoms with van der Waals surface area (Å²) < 4.78 is 17.2. The number of methoxy groups -OCH3 is 1. The lowest BCUT2D eigenvalue weighted by Gasteiger charge is -2.01. The fourth-order valence-electron chi connectivity index (χ4n) is 0.591. The van der Waals surface area contributed by atoms with E-state index in [0.29, 0.717) is 0 Å². The van der Waals surface area contributed by atoms with Gasteiger partial charge in [-0.1, -0.05) is 0 Å². The van der Waals surface area contributed by atoms with Crippen LogP contribution in [0.3, 0.4) is 0 Å². The van der Waals surface area contributed by atoms with Crippen LogP contribution < -0.4 is 4.74 Å². The Bertz CT molecular complexity index is 280. The lowest BCUT2D eigenvalue weighted by atomic mass is 10.4. The van der Waals surface area contributed by atoms with Gasteiger partial charge in [-0.15, -0.1) is 0 Å². The van der Waals surface area contributed by atoms with Crippen molar-refractivity contribution in [3.05, 3.63) is 16.5 Å². The lowest BCUT2D eigenvalue weighted by Crippen LogP contribution is -1.90. The quantitative estimate of drug-likeness (QED) is 0.735. The number of hydrogen-bond donors (Lipinski definition) is 1. The molecule has 0 aliphatic carbocycles. The van der Waals surface area contributed by atoms with Gasteiger partial charge in [-0.2, -0.15) is 0 Å². The molecule has 0 radical (unpaired) electrons. The molecule has 1 N–H and O–H groups in total. The average Bonchev–Trinajstić information content (AvgIpc) is 1.97. The fourth-order valence-corrected chi connectivity index (χ4v) is 0.867. The number of ether oxygens (including phenoxy) is 1. The standard InChI is InChI=1S/C6H5BrFNO2/c1-11-6-4(10)2-3(8)5(7)9-6/h2,10H,1H3. The first-order valence-corrected chi connectivity index (χ1v) is 3.53. The van der Waals surface area contributed by atoms with Crippen molar-refractivity contribution in [3.8, 4) is 11.6 Å². The molecule has 0 atom stereocenters. The van der Waals surface area contributed by atoms with Crippen LogP contribution in [0.2, 0.25) is 0 Å². The summed E-state index contributed by atoms with van der Waals surface area (Å²) in [5.74, 6) is -0.935. The zero-order valence-electron chi connectivity index (χ0n) is 5.64. The van der Waals surface area contributed by atoms with Gasteiger partial charge in [0, 0.05) is 6.07 Å². The average molecular weight is 222 g/mol. The van der Waals surface area contributed by atoms with Gasteiger partial charge in [0.2, 0.25) is 0 Å². The van der Waals surface area contributed by atoms with E-state index in [4.69, 9.17) is 5.11 Å². The van der Waals surface area contributed by atoms with E-state index >= 15 is 0 Å². The highest BCUT2D eigenvalue weighted by atomic mass is 79.9. The largest absolute Gasteiger partial charge is 0.503 e. The first-order chi connectivity index (χ1) is 5.15. The number of halogens is 2. The van der Waals surface area contributed by atoms with Gasteiger partial charge < -0.3 is 9.84 Å². The smallest absolute Gasteiger partial charge is 0.257 e. The molecule has 0 spiro atoms. The normalized spacial score (nSPS) is 9.73. The molecule has 0 saturated carbocycles. The summed E-state index contributed by atoms with van der Waals surface area (Å²) in [7, 11) is 1.34. The van der Waals surface area contributed by atoms with Crippen LogP contribution in [0.15, 0.2) is 10.7 Å². The van der Waals surface area contributed by atoms with Gasteiger partial charge in [0.15, 0.2) is 11.6 Å². The molecular formula is C6H5BrFNO2. The molecule has 0 unspecified atom stereocenters. The molecule has 1 heterocycles. The second kappa shape index (κ2) is 3.04. The van der Waals surface area contributed by atoms with Crippen LogP contribution in [-0.2, 0) is 0 Å². The van der Waals surface area contributed by atoms with Gasteiger partial charge in [-0.25, -0.2) is 9.37 Å². The van der Waals surface area contributed by atoms with Crippen molar-refractivity contribution >= 4 is 15.9 Å². The summed E-state index contributed by atoms with van der Waals surface area (Å²) in [6.07, 6.45) is 0. The summed E-state index contributed by atoms with van der Waals surface area (Å²) in [4.78, 5) is 3.56. The number of pyridine rings is 1. The van der Waals surface area contributed by atoms with E-state index in [1.54, 1.807) is 0 Å². The molecule has 3 nitrogen and oxygen atoms in total. The molecule has 1 aromatic heterocycles. The van der Waals surface area contributed by atoms with Crippen LogP contribution in [0.1, 0.15) is 0 Å². The molecule has 1 aromatic rings. The predicted octanol–water partition coefficient (Wildman–Crippen LogP) is 1.70. The summed E-state index contributed by atoms with van der Waals surface area (Å²) in [6, 6.07) is 0.927. The van der Waals surface area contributed by atoms with Crippen molar-refractivity contribution in [3.63, 3.8) is 0 Å². The highest BCUT2D eigenvalue weighted by molar-refractivity contribution is 9.10. The zero-order chi connectivity index (χ0) is 8.43. The van der Waals surface area contributed by atoms with Crippen LogP contribution >= 0.6 is 15.9 Å². The number of aromatic hydroxyl groups is 1.